The van der Waals surface area contributed by atoms with Gasteiger partial charge in [-0.15, -0.1) is 0 Å². The number of benzene rings is 1. The Morgan fingerprint density at radius 1 is 1.32 bits per heavy atom. The van der Waals surface area contributed by atoms with Crippen LogP contribution in [0, 0.1) is 0 Å². The molecule has 0 saturated carbocycles. The van der Waals surface area contributed by atoms with E-state index in [0.717, 1.165) is 62.2 Å². The summed E-state index contributed by atoms with van der Waals surface area (Å²) in [6.07, 6.45) is 7.16. The molecule has 1 aromatic carbocycles. The number of piperidine rings is 1. The summed E-state index contributed by atoms with van der Waals surface area (Å²) in [7, 11) is 4.20. The van der Waals surface area contributed by atoms with Crippen LogP contribution in [0.25, 0.3) is 10.9 Å². The molecule has 0 bridgehead atoms. The van der Waals surface area contributed by atoms with Crippen molar-refractivity contribution < 1.29 is 4.79 Å². The Morgan fingerprint density at radius 3 is 3.00 bits per heavy atom. The molecule has 3 heterocycles. The first-order valence-corrected chi connectivity index (χ1v) is 10.1. The molecule has 2 aromatic heterocycles. The number of H-pyrrole nitrogens is 1. The molecule has 4 rings (SSSR count). The first-order valence-electron chi connectivity index (χ1n) is 10.1. The van der Waals surface area contributed by atoms with E-state index in [1.165, 1.54) is 0 Å². The SMILES string of the molecule is CN(C)CCCn1ccnc1C1CCCN(C(=O)c2cc3ccccc3[nH]2)C1. The number of amides is 1. The lowest BCUT2D eigenvalue weighted by Gasteiger charge is -2.32. The predicted octanol–water partition coefficient (Wildman–Crippen LogP) is 3.34. The zero-order valence-electron chi connectivity index (χ0n) is 16.8. The number of para-hydroxylation sites is 1. The molecule has 1 aliphatic rings. The zero-order chi connectivity index (χ0) is 19.5. The van der Waals surface area contributed by atoms with E-state index in [0.29, 0.717) is 11.6 Å². The summed E-state index contributed by atoms with van der Waals surface area (Å²) in [5.74, 6) is 1.51. The molecular weight excluding hydrogens is 350 g/mol. The summed E-state index contributed by atoms with van der Waals surface area (Å²) < 4.78 is 2.27. The summed E-state index contributed by atoms with van der Waals surface area (Å²) in [5.41, 5.74) is 1.69. The number of hydrogen-bond acceptors (Lipinski definition) is 3. The number of aromatic nitrogens is 3. The van der Waals surface area contributed by atoms with Crippen molar-refractivity contribution in [3.8, 4) is 0 Å². The standard InChI is InChI=1S/C22H29N5O/c1-25(2)11-6-13-26-14-10-23-21(26)18-8-5-12-27(16-18)22(28)20-15-17-7-3-4-9-19(17)24-20/h3-4,7,9-10,14-15,18,24H,5-6,8,11-13,16H2,1-2H3. The highest BCUT2D eigenvalue weighted by molar-refractivity contribution is 5.98. The quantitative estimate of drug-likeness (QED) is 0.715. The van der Waals surface area contributed by atoms with Gasteiger partial charge in [0.15, 0.2) is 0 Å². The lowest BCUT2D eigenvalue weighted by molar-refractivity contribution is 0.0698. The Labute approximate surface area is 166 Å². The Bertz CT molecular complexity index is 908. The number of carbonyl (C=O) groups is 1. The van der Waals surface area contributed by atoms with Crippen molar-refractivity contribution in [2.45, 2.75) is 31.7 Å². The van der Waals surface area contributed by atoms with Crippen LogP contribution in [-0.2, 0) is 6.54 Å². The molecule has 1 aliphatic heterocycles. The Morgan fingerprint density at radius 2 is 2.18 bits per heavy atom. The van der Waals surface area contributed by atoms with Crippen LogP contribution < -0.4 is 0 Å². The van der Waals surface area contributed by atoms with Crippen LogP contribution in [-0.4, -0.2) is 64.0 Å². The second kappa shape index (κ2) is 8.19. The van der Waals surface area contributed by atoms with Gasteiger partial charge in [-0.3, -0.25) is 4.79 Å². The maximum Gasteiger partial charge on any atom is 0.270 e. The maximum absolute atomic E-state index is 13.1. The number of carbonyl (C=O) groups excluding carboxylic acids is 1. The average Bonchev–Trinajstić information content (AvgIpc) is 3.34. The highest BCUT2D eigenvalue weighted by atomic mass is 16.2. The minimum absolute atomic E-state index is 0.0895. The number of aromatic amines is 1. The summed E-state index contributed by atoms with van der Waals surface area (Å²) in [6.45, 7) is 3.58. The molecule has 6 heteroatoms. The molecule has 1 unspecified atom stereocenters. The molecular formula is C22H29N5O. The number of likely N-dealkylation sites (tertiary alicyclic amines) is 1. The number of aryl methyl sites for hydroxylation is 1. The van der Waals surface area contributed by atoms with E-state index in [9.17, 15) is 4.79 Å². The van der Waals surface area contributed by atoms with Gasteiger partial charge in [-0.25, -0.2) is 4.98 Å². The van der Waals surface area contributed by atoms with Crippen LogP contribution in [0.4, 0.5) is 0 Å². The van der Waals surface area contributed by atoms with Crippen LogP contribution in [0.1, 0.15) is 41.5 Å². The minimum Gasteiger partial charge on any atom is -0.351 e. The number of hydrogen-bond donors (Lipinski definition) is 1. The minimum atomic E-state index is 0.0895. The lowest BCUT2D eigenvalue weighted by Crippen LogP contribution is -2.40. The lowest BCUT2D eigenvalue weighted by atomic mass is 9.96. The van der Waals surface area contributed by atoms with Crippen LogP contribution in [0.5, 0.6) is 0 Å². The third kappa shape index (κ3) is 3.97. The molecule has 1 fully saturated rings. The molecule has 1 saturated heterocycles. The fraction of sp³-hybridized carbons (Fsp3) is 0.455. The van der Waals surface area contributed by atoms with Gasteiger partial charge in [-0.2, -0.15) is 0 Å². The van der Waals surface area contributed by atoms with Gasteiger partial charge in [0.05, 0.1) is 0 Å². The van der Waals surface area contributed by atoms with E-state index in [1.54, 1.807) is 0 Å². The van der Waals surface area contributed by atoms with Crippen molar-refractivity contribution in [1.82, 2.24) is 24.3 Å². The van der Waals surface area contributed by atoms with Gasteiger partial charge >= 0.3 is 0 Å². The molecule has 0 aliphatic carbocycles. The van der Waals surface area contributed by atoms with Crippen molar-refractivity contribution in [3.05, 3.63) is 54.2 Å². The molecule has 1 N–H and O–H groups in total. The average molecular weight is 380 g/mol. The number of rotatable bonds is 6. The summed E-state index contributed by atoms with van der Waals surface area (Å²) in [4.78, 5) is 25.2. The molecule has 1 atom stereocenters. The van der Waals surface area contributed by atoms with Crippen molar-refractivity contribution in [2.24, 2.45) is 0 Å². The van der Waals surface area contributed by atoms with Crippen LogP contribution in [0.15, 0.2) is 42.7 Å². The van der Waals surface area contributed by atoms with Gasteiger partial charge in [0.1, 0.15) is 11.5 Å². The van der Waals surface area contributed by atoms with Gasteiger partial charge in [-0.1, -0.05) is 18.2 Å². The van der Waals surface area contributed by atoms with E-state index < -0.39 is 0 Å². The molecule has 148 valence electrons. The van der Waals surface area contributed by atoms with Gasteiger partial charge in [0.25, 0.3) is 5.91 Å². The van der Waals surface area contributed by atoms with Crippen molar-refractivity contribution >= 4 is 16.8 Å². The number of fused-ring (bicyclic) bond motifs is 1. The highest BCUT2D eigenvalue weighted by Crippen LogP contribution is 2.27. The van der Waals surface area contributed by atoms with Gasteiger partial charge < -0.3 is 19.4 Å². The molecule has 3 aromatic rings. The van der Waals surface area contributed by atoms with Crippen molar-refractivity contribution in [2.75, 3.05) is 33.7 Å². The topological polar surface area (TPSA) is 57.2 Å². The van der Waals surface area contributed by atoms with E-state index in [2.05, 4.69) is 39.7 Å². The molecule has 6 nitrogen and oxygen atoms in total. The van der Waals surface area contributed by atoms with Crippen molar-refractivity contribution in [3.63, 3.8) is 0 Å². The van der Waals surface area contributed by atoms with Crippen LogP contribution in [0.2, 0.25) is 0 Å². The summed E-state index contributed by atoms with van der Waals surface area (Å²) in [5, 5.41) is 1.08. The van der Waals surface area contributed by atoms with E-state index in [4.69, 9.17) is 0 Å². The Balaban J connectivity index is 1.46. The van der Waals surface area contributed by atoms with E-state index in [-0.39, 0.29) is 5.91 Å². The number of nitrogens with zero attached hydrogens (tertiary/aromatic N) is 4. The number of imidazole rings is 1. The Hall–Kier alpha value is -2.60. The second-order valence-corrected chi connectivity index (χ2v) is 8.00. The summed E-state index contributed by atoms with van der Waals surface area (Å²) >= 11 is 0. The Kier molecular flexibility index (Phi) is 5.48. The fourth-order valence-electron chi connectivity index (χ4n) is 4.16. The largest absolute Gasteiger partial charge is 0.351 e. The van der Waals surface area contributed by atoms with Crippen LogP contribution in [0.3, 0.4) is 0 Å². The number of nitrogens with one attached hydrogen (secondary N) is 1. The van der Waals surface area contributed by atoms with Gasteiger partial charge in [0, 0.05) is 48.8 Å². The van der Waals surface area contributed by atoms with E-state index in [1.807, 2.05) is 41.4 Å². The highest BCUT2D eigenvalue weighted by Gasteiger charge is 2.28. The van der Waals surface area contributed by atoms with Gasteiger partial charge in [0.2, 0.25) is 0 Å². The second-order valence-electron chi connectivity index (χ2n) is 8.00. The molecule has 28 heavy (non-hydrogen) atoms. The monoisotopic (exact) mass is 379 g/mol. The normalized spacial score (nSPS) is 17.5. The third-order valence-corrected chi connectivity index (χ3v) is 5.59. The van der Waals surface area contributed by atoms with E-state index >= 15 is 0 Å². The predicted molar refractivity (Wildman–Crippen MR) is 112 cm³/mol. The van der Waals surface area contributed by atoms with Crippen molar-refractivity contribution in [1.29, 1.82) is 0 Å². The third-order valence-electron chi connectivity index (χ3n) is 5.59. The van der Waals surface area contributed by atoms with Crippen LogP contribution >= 0.6 is 0 Å². The fourth-order valence-corrected chi connectivity index (χ4v) is 4.16. The molecule has 0 radical (unpaired) electrons. The molecule has 0 spiro atoms. The van der Waals surface area contributed by atoms with Gasteiger partial charge in [-0.05, 0) is 52.0 Å². The zero-order valence-corrected chi connectivity index (χ0v) is 16.8. The summed E-state index contributed by atoms with van der Waals surface area (Å²) in [6, 6.07) is 9.99. The first-order chi connectivity index (χ1) is 13.6. The maximum atomic E-state index is 13.1. The smallest absolute Gasteiger partial charge is 0.270 e. The first kappa shape index (κ1) is 18.7. The molecule has 1 amide bonds.